The highest BCUT2D eigenvalue weighted by molar-refractivity contribution is 5.67. The molecule has 0 spiro atoms. The van der Waals surface area contributed by atoms with Crippen molar-refractivity contribution in [3.8, 4) is 0 Å². The Morgan fingerprint density at radius 3 is 2.90 bits per heavy atom. The Morgan fingerprint density at radius 1 is 1.80 bits per heavy atom. The molecule has 1 saturated heterocycles. The molecule has 58 valence electrons. The Balaban J connectivity index is 2.33. The summed E-state index contributed by atoms with van der Waals surface area (Å²) < 4.78 is 0. The van der Waals surface area contributed by atoms with Crippen molar-refractivity contribution in [2.24, 2.45) is 5.92 Å². The van der Waals surface area contributed by atoms with Crippen LogP contribution in [0.1, 0.15) is 19.8 Å². The van der Waals surface area contributed by atoms with E-state index < -0.39 is 5.97 Å². The molecule has 1 fully saturated rings. The van der Waals surface area contributed by atoms with Gasteiger partial charge in [-0.3, -0.25) is 4.79 Å². The van der Waals surface area contributed by atoms with Crippen molar-refractivity contribution in [1.82, 2.24) is 5.32 Å². The summed E-state index contributed by atoms with van der Waals surface area (Å²) in [7, 11) is 0. The topological polar surface area (TPSA) is 49.3 Å². The van der Waals surface area contributed by atoms with Gasteiger partial charge < -0.3 is 10.4 Å². The summed E-state index contributed by atoms with van der Waals surface area (Å²) in [6.07, 6.45) is 1.32. The lowest BCUT2D eigenvalue weighted by Crippen LogP contribution is -2.24. The SMILES string of the molecule is C[C@@H]1NCC[C@H]1CC(=O)O. The lowest BCUT2D eigenvalue weighted by Gasteiger charge is -2.10. The van der Waals surface area contributed by atoms with Crippen molar-refractivity contribution in [2.75, 3.05) is 6.54 Å². The summed E-state index contributed by atoms with van der Waals surface area (Å²) in [5, 5.41) is 11.7. The second-order valence-corrected chi connectivity index (χ2v) is 2.89. The van der Waals surface area contributed by atoms with Crippen molar-refractivity contribution in [2.45, 2.75) is 25.8 Å². The van der Waals surface area contributed by atoms with Crippen molar-refractivity contribution in [1.29, 1.82) is 0 Å². The Morgan fingerprint density at radius 2 is 2.50 bits per heavy atom. The second kappa shape index (κ2) is 3.01. The number of hydrogen-bond acceptors (Lipinski definition) is 2. The van der Waals surface area contributed by atoms with Crippen molar-refractivity contribution in [3.05, 3.63) is 0 Å². The maximum atomic E-state index is 10.3. The molecule has 0 aromatic heterocycles. The Labute approximate surface area is 60.4 Å². The van der Waals surface area contributed by atoms with Crippen LogP contribution in [-0.2, 0) is 4.79 Å². The molecule has 0 amide bonds. The van der Waals surface area contributed by atoms with Gasteiger partial charge in [-0.05, 0) is 25.8 Å². The third-order valence-electron chi connectivity index (χ3n) is 2.13. The fourth-order valence-electron chi connectivity index (χ4n) is 1.42. The summed E-state index contributed by atoms with van der Waals surface area (Å²) in [6, 6.07) is 0.385. The highest BCUT2D eigenvalue weighted by atomic mass is 16.4. The average Bonchev–Trinajstić information content (AvgIpc) is 2.15. The molecule has 1 heterocycles. The number of hydrogen-bond donors (Lipinski definition) is 2. The monoisotopic (exact) mass is 143 g/mol. The van der Waals surface area contributed by atoms with Crippen molar-refractivity contribution in [3.63, 3.8) is 0 Å². The lowest BCUT2D eigenvalue weighted by atomic mass is 9.99. The quantitative estimate of drug-likeness (QED) is 0.590. The van der Waals surface area contributed by atoms with E-state index in [1.807, 2.05) is 6.92 Å². The molecule has 1 rings (SSSR count). The molecule has 0 unspecified atom stereocenters. The molecular formula is C7H13NO2. The van der Waals surface area contributed by atoms with E-state index in [2.05, 4.69) is 5.32 Å². The average molecular weight is 143 g/mol. The van der Waals surface area contributed by atoms with Crippen molar-refractivity contribution >= 4 is 5.97 Å². The van der Waals surface area contributed by atoms with Crippen LogP contribution < -0.4 is 5.32 Å². The van der Waals surface area contributed by atoms with E-state index in [0.717, 1.165) is 13.0 Å². The molecule has 0 aromatic carbocycles. The highest BCUT2D eigenvalue weighted by Crippen LogP contribution is 2.18. The third-order valence-corrected chi connectivity index (χ3v) is 2.13. The molecule has 0 saturated carbocycles. The minimum Gasteiger partial charge on any atom is -0.481 e. The minimum atomic E-state index is -0.680. The normalized spacial score (nSPS) is 32.5. The van der Waals surface area contributed by atoms with Gasteiger partial charge in [-0.15, -0.1) is 0 Å². The maximum Gasteiger partial charge on any atom is 0.303 e. The molecule has 0 radical (unpaired) electrons. The first kappa shape index (κ1) is 7.54. The molecule has 1 aliphatic heterocycles. The van der Waals surface area contributed by atoms with E-state index in [-0.39, 0.29) is 0 Å². The molecule has 0 bridgehead atoms. The van der Waals surface area contributed by atoms with Crippen LogP contribution in [0.5, 0.6) is 0 Å². The zero-order valence-electron chi connectivity index (χ0n) is 6.13. The van der Waals surface area contributed by atoms with Crippen LogP contribution in [-0.4, -0.2) is 23.7 Å². The standard InChI is InChI=1S/C7H13NO2/c1-5-6(2-3-8-5)4-7(9)10/h5-6,8H,2-4H2,1H3,(H,9,10)/t5-,6-/m0/s1. The van der Waals surface area contributed by atoms with Gasteiger partial charge in [0.05, 0.1) is 0 Å². The molecule has 1 aliphatic rings. The maximum absolute atomic E-state index is 10.3. The zero-order valence-corrected chi connectivity index (χ0v) is 6.13. The predicted octanol–water partition coefficient (Wildman–Crippen LogP) is 0.459. The number of aliphatic carboxylic acids is 1. The number of carboxylic acid groups (broad SMARTS) is 1. The number of nitrogens with one attached hydrogen (secondary N) is 1. The Bertz CT molecular complexity index is 136. The van der Waals surface area contributed by atoms with Gasteiger partial charge in [0.15, 0.2) is 0 Å². The highest BCUT2D eigenvalue weighted by Gasteiger charge is 2.24. The van der Waals surface area contributed by atoms with Gasteiger partial charge in [-0.1, -0.05) is 0 Å². The first-order valence-electron chi connectivity index (χ1n) is 3.65. The Kier molecular flexibility index (Phi) is 2.27. The van der Waals surface area contributed by atoms with E-state index >= 15 is 0 Å². The van der Waals surface area contributed by atoms with Crippen LogP contribution in [0.25, 0.3) is 0 Å². The van der Waals surface area contributed by atoms with Crippen LogP contribution in [0.4, 0.5) is 0 Å². The third kappa shape index (κ3) is 1.70. The molecule has 10 heavy (non-hydrogen) atoms. The van der Waals surface area contributed by atoms with E-state index in [4.69, 9.17) is 5.11 Å². The van der Waals surface area contributed by atoms with Crippen LogP contribution in [0.3, 0.4) is 0 Å². The van der Waals surface area contributed by atoms with Gasteiger partial charge in [0.1, 0.15) is 0 Å². The summed E-state index contributed by atoms with van der Waals surface area (Å²) in [5.74, 6) is -0.335. The van der Waals surface area contributed by atoms with Gasteiger partial charge in [0.2, 0.25) is 0 Å². The van der Waals surface area contributed by atoms with Crippen LogP contribution in [0, 0.1) is 5.92 Å². The first-order valence-corrected chi connectivity index (χ1v) is 3.65. The van der Waals surface area contributed by atoms with Gasteiger partial charge in [-0.25, -0.2) is 0 Å². The van der Waals surface area contributed by atoms with Gasteiger partial charge in [-0.2, -0.15) is 0 Å². The summed E-state index contributed by atoms with van der Waals surface area (Å²) in [4.78, 5) is 10.3. The summed E-state index contributed by atoms with van der Waals surface area (Å²) in [6.45, 7) is 3.01. The fraction of sp³-hybridized carbons (Fsp3) is 0.857. The van der Waals surface area contributed by atoms with E-state index in [1.54, 1.807) is 0 Å². The predicted molar refractivity (Wildman–Crippen MR) is 37.8 cm³/mol. The smallest absolute Gasteiger partial charge is 0.303 e. The molecule has 3 nitrogen and oxygen atoms in total. The fourth-order valence-corrected chi connectivity index (χ4v) is 1.42. The zero-order chi connectivity index (χ0) is 7.56. The second-order valence-electron chi connectivity index (χ2n) is 2.89. The van der Waals surface area contributed by atoms with Crippen LogP contribution in [0.2, 0.25) is 0 Å². The van der Waals surface area contributed by atoms with Gasteiger partial charge in [0.25, 0.3) is 0 Å². The van der Waals surface area contributed by atoms with E-state index in [9.17, 15) is 4.79 Å². The summed E-state index contributed by atoms with van der Waals surface area (Å²) in [5.41, 5.74) is 0. The molecule has 2 N–H and O–H groups in total. The van der Waals surface area contributed by atoms with E-state index in [1.165, 1.54) is 0 Å². The number of carboxylic acids is 1. The molecule has 2 atom stereocenters. The largest absolute Gasteiger partial charge is 0.481 e. The summed E-state index contributed by atoms with van der Waals surface area (Å²) >= 11 is 0. The van der Waals surface area contributed by atoms with Crippen LogP contribution >= 0.6 is 0 Å². The molecular weight excluding hydrogens is 130 g/mol. The number of carbonyl (C=O) groups is 1. The Hall–Kier alpha value is -0.570. The van der Waals surface area contributed by atoms with Crippen LogP contribution in [0.15, 0.2) is 0 Å². The van der Waals surface area contributed by atoms with Gasteiger partial charge >= 0.3 is 5.97 Å². The molecule has 0 aromatic rings. The lowest BCUT2D eigenvalue weighted by molar-refractivity contribution is -0.138. The number of rotatable bonds is 2. The first-order chi connectivity index (χ1) is 4.70. The van der Waals surface area contributed by atoms with E-state index in [0.29, 0.717) is 18.4 Å². The molecule has 0 aliphatic carbocycles. The van der Waals surface area contributed by atoms with Crippen molar-refractivity contribution < 1.29 is 9.90 Å². The minimum absolute atomic E-state index is 0.314. The van der Waals surface area contributed by atoms with Gasteiger partial charge in [0, 0.05) is 12.5 Å². The molecule has 3 heteroatoms.